The molecular weight excluding hydrogens is 324 g/mol. The van der Waals surface area contributed by atoms with E-state index in [-0.39, 0.29) is 6.61 Å². The Morgan fingerprint density at radius 2 is 1.46 bits per heavy atom. The first kappa shape index (κ1) is 18.6. The van der Waals surface area contributed by atoms with Gasteiger partial charge in [-0.15, -0.1) is 0 Å². The number of esters is 3. The summed E-state index contributed by atoms with van der Waals surface area (Å²) in [6.45, 7) is 7.26. The van der Waals surface area contributed by atoms with Gasteiger partial charge in [-0.2, -0.15) is 0 Å². The number of carbonyl (C=O) groups is 3. The largest absolute Gasteiger partial charge is 0.455 e. The fourth-order valence-electron chi connectivity index (χ4n) is 2.73. The third kappa shape index (κ3) is 4.43. The fraction of sp³-hybridized carbons (Fsp3) is 0.800. The Morgan fingerprint density at radius 3 is 1.92 bits per heavy atom. The monoisotopic (exact) mass is 346 g/mol. The van der Waals surface area contributed by atoms with Crippen molar-refractivity contribution < 1.29 is 42.8 Å². The Kier molecular flexibility index (Phi) is 5.46. The molecule has 2 saturated heterocycles. The van der Waals surface area contributed by atoms with Crippen LogP contribution in [-0.2, 0) is 42.8 Å². The topological polar surface area (TPSA) is 107 Å². The number of hydrogen-bond donors (Lipinski definition) is 0. The van der Waals surface area contributed by atoms with Crippen molar-refractivity contribution in [2.24, 2.45) is 0 Å². The van der Waals surface area contributed by atoms with E-state index in [2.05, 4.69) is 0 Å². The van der Waals surface area contributed by atoms with Crippen molar-refractivity contribution in [3.05, 3.63) is 0 Å². The van der Waals surface area contributed by atoms with Crippen LogP contribution in [0.3, 0.4) is 0 Å². The summed E-state index contributed by atoms with van der Waals surface area (Å²) >= 11 is 0. The van der Waals surface area contributed by atoms with Crippen molar-refractivity contribution in [1.82, 2.24) is 0 Å². The minimum absolute atomic E-state index is 0.189. The maximum atomic E-state index is 11.4. The van der Waals surface area contributed by atoms with Crippen LogP contribution in [0.5, 0.6) is 0 Å². The molecule has 0 amide bonds. The second-order valence-electron chi connectivity index (χ2n) is 6.09. The zero-order chi connectivity index (χ0) is 18.1. The van der Waals surface area contributed by atoms with Gasteiger partial charge in [0.2, 0.25) is 12.4 Å². The Hall–Kier alpha value is -1.71. The molecule has 5 atom stereocenters. The summed E-state index contributed by atoms with van der Waals surface area (Å²) in [6, 6.07) is 0. The van der Waals surface area contributed by atoms with Crippen LogP contribution < -0.4 is 0 Å². The lowest BCUT2D eigenvalue weighted by molar-refractivity contribution is -0.203. The predicted molar refractivity (Wildman–Crippen MR) is 76.4 cm³/mol. The van der Waals surface area contributed by atoms with E-state index in [1.165, 1.54) is 20.8 Å². The molecule has 0 spiro atoms. The minimum Gasteiger partial charge on any atom is -0.455 e. The highest BCUT2D eigenvalue weighted by Crippen LogP contribution is 2.35. The van der Waals surface area contributed by atoms with E-state index in [9.17, 15) is 14.4 Å². The lowest BCUT2D eigenvalue weighted by Gasteiger charge is -2.25. The Bertz CT molecular complexity index is 515. The van der Waals surface area contributed by atoms with Crippen LogP contribution in [-0.4, -0.2) is 61.0 Å². The zero-order valence-electron chi connectivity index (χ0n) is 14.3. The van der Waals surface area contributed by atoms with Gasteiger partial charge in [-0.05, 0) is 13.8 Å². The third-order valence-corrected chi connectivity index (χ3v) is 3.49. The van der Waals surface area contributed by atoms with Crippen LogP contribution >= 0.6 is 0 Å². The molecule has 0 bridgehead atoms. The standard InChI is InChI=1S/C15H22O9/c1-7(16)20-12-11(10-6-19-15(4,5)24-10)23-14(22-9(3)18)13(12)21-8(2)17/h10-14H,6H2,1-5H3/t10-,11+,12+,13+,14+/m1/s1. The van der Waals surface area contributed by atoms with Crippen molar-refractivity contribution in [2.75, 3.05) is 6.61 Å². The maximum Gasteiger partial charge on any atom is 0.305 e. The predicted octanol–water partition coefficient (Wildman–Crippen LogP) is 0.289. The molecule has 9 heteroatoms. The average Bonchev–Trinajstić information content (AvgIpc) is 2.91. The normalized spacial score (nSPS) is 34.6. The van der Waals surface area contributed by atoms with Crippen molar-refractivity contribution >= 4 is 17.9 Å². The molecule has 0 aromatic heterocycles. The van der Waals surface area contributed by atoms with Gasteiger partial charge in [-0.3, -0.25) is 14.4 Å². The van der Waals surface area contributed by atoms with Crippen LogP contribution in [0.4, 0.5) is 0 Å². The molecule has 136 valence electrons. The summed E-state index contributed by atoms with van der Waals surface area (Å²) in [5.41, 5.74) is 0. The van der Waals surface area contributed by atoms with Crippen molar-refractivity contribution in [3.8, 4) is 0 Å². The first-order chi connectivity index (χ1) is 11.1. The summed E-state index contributed by atoms with van der Waals surface area (Å²) in [5, 5.41) is 0. The van der Waals surface area contributed by atoms with Crippen LogP contribution in [0.25, 0.3) is 0 Å². The minimum atomic E-state index is -1.20. The molecule has 0 unspecified atom stereocenters. The van der Waals surface area contributed by atoms with Crippen LogP contribution in [0.15, 0.2) is 0 Å². The van der Waals surface area contributed by atoms with Gasteiger partial charge < -0.3 is 28.4 Å². The van der Waals surface area contributed by atoms with Gasteiger partial charge in [0.15, 0.2) is 11.9 Å². The van der Waals surface area contributed by atoms with Gasteiger partial charge >= 0.3 is 17.9 Å². The van der Waals surface area contributed by atoms with Crippen molar-refractivity contribution in [1.29, 1.82) is 0 Å². The summed E-state index contributed by atoms with van der Waals surface area (Å²) in [6.07, 6.45) is -4.67. The van der Waals surface area contributed by atoms with E-state index in [4.69, 9.17) is 28.4 Å². The Morgan fingerprint density at radius 1 is 0.917 bits per heavy atom. The molecule has 2 aliphatic rings. The molecule has 2 heterocycles. The molecule has 24 heavy (non-hydrogen) atoms. The fourth-order valence-corrected chi connectivity index (χ4v) is 2.73. The summed E-state index contributed by atoms with van der Waals surface area (Å²) < 4.78 is 32.4. The molecule has 2 rings (SSSR count). The van der Waals surface area contributed by atoms with Gasteiger partial charge in [0.1, 0.15) is 12.2 Å². The second-order valence-corrected chi connectivity index (χ2v) is 6.09. The van der Waals surface area contributed by atoms with E-state index >= 15 is 0 Å². The molecule has 2 aliphatic heterocycles. The second kappa shape index (κ2) is 7.04. The number of carbonyl (C=O) groups excluding carboxylic acids is 3. The molecular formula is C15H22O9. The van der Waals surface area contributed by atoms with Gasteiger partial charge in [0, 0.05) is 20.8 Å². The molecule has 0 aromatic carbocycles. The number of hydrogen-bond acceptors (Lipinski definition) is 9. The average molecular weight is 346 g/mol. The first-order valence-corrected chi connectivity index (χ1v) is 7.58. The van der Waals surface area contributed by atoms with Gasteiger partial charge in [0.25, 0.3) is 0 Å². The summed E-state index contributed by atoms with van der Waals surface area (Å²) in [7, 11) is 0. The molecule has 0 radical (unpaired) electrons. The molecule has 0 aliphatic carbocycles. The highest BCUT2D eigenvalue weighted by atomic mass is 16.8. The third-order valence-electron chi connectivity index (χ3n) is 3.49. The number of rotatable bonds is 4. The Labute approximate surface area is 139 Å². The van der Waals surface area contributed by atoms with Crippen molar-refractivity contribution in [3.63, 3.8) is 0 Å². The smallest absolute Gasteiger partial charge is 0.305 e. The quantitative estimate of drug-likeness (QED) is 0.524. The molecule has 0 aromatic rings. The number of ether oxygens (including phenoxy) is 6. The van der Waals surface area contributed by atoms with Gasteiger partial charge in [0.05, 0.1) is 6.61 Å². The van der Waals surface area contributed by atoms with Crippen LogP contribution in [0.2, 0.25) is 0 Å². The van der Waals surface area contributed by atoms with Crippen molar-refractivity contribution in [2.45, 2.75) is 71.1 Å². The highest BCUT2D eigenvalue weighted by molar-refractivity contribution is 5.68. The molecule has 9 nitrogen and oxygen atoms in total. The molecule has 2 fully saturated rings. The van der Waals surface area contributed by atoms with Gasteiger partial charge in [-0.1, -0.05) is 0 Å². The SMILES string of the molecule is CC(=O)O[C@H]1O[C@@H]([C@H]2COC(C)(C)O2)[C@H](OC(C)=O)[C@@H]1OC(C)=O. The van der Waals surface area contributed by atoms with Gasteiger partial charge in [-0.25, -0.2) is 0 Å². The zero-order valence-corrected chi connectivity index (χ0v) is 14.3. The van der Waals surface area contributed by atoms with E-state index < -0.39 is 54.4 Å². The Balaban J connectivity index is 2.25. The highest BCUT2D eigenvalue weighted by Gasteiger charge is 2.56. The first-order valence-electron chi connectivity index (χ1n) is 7.58. The summed E-state index contributed by atoms with van der Waals surface area (Å²) in [4.78, 5) is 34.1. The van der Waals surface area contributed by atoms with E-state index in [1.54, 1.807) is 13.8 Å². The lowest BCUT2D eigenvalue weighted by atomic mass is 10.1. The maximum absolute atomic E-state index is 11.4. The summed E-state index contributed by atoms with van der Waals surface area (Å²) in [5.74, 6) is -2.66. The van der Waals surface area contributed by atoms with Crippen LogP contribution in [0, 0.1) is 0 Å². The van der Waals surface area contributed by atoms with E-state index in [0.29, 0.717) is 0 Å². The lowest BCUT2D eigenvalue weighted by Crippen LogP contribution is -2.45. The molecule has 0 N–H and O–H groups in total. The molecule has 0 saturated carbocycles. The van der Waals surface area contributed by atoms with E-state index in [0.717, 1.165) is 0 Å². The van der Waals surface area contributed by atoms with E-state index in [1.807, 2.05) is 0 Å². The van der Waals surface area contributed by atoms with Crippen LogP contribution in [0.1, 0.15) is 34.6 Å².